The standard InChI is InChI=1S/C22H29NO3/c1-16-6-5-7-19(12-16)22(24)8-10-23(11-9-22)15-18-14-21(26-4)20(25-3)13-17(18)2/h5-7,12-14,24H,8-11,15H2,1-4H3. The number of hydrogen-bond donors (Lipinski definition) is 1. The minimum Gasteiger partial charge on any atom is -0.493 e. The van der Waals surface area contributed by atoms with E-state index in [0.717, 1.165) is 49.5 Å². The molecule has 0 radical (unpaired) electrons. The van der Waals surface area contributed by atoms with E-state index in [1.165, 1.54) is 16.7 Å². The van der Waals surface area contributed by atoms with Gasteiger partial charge < -0.3 is 14.6 Å². The molecule has 2 aromatic rings. The van der Waals surface area contributed by atoms with Crippen molar-refractivity contribution in [2.24, 2.45) is 0 Å². The van der Waals surface area contributed by atoms with E-state index in [4.69, 9.17) is 9.47 Å². The lowest BCUT2D eigenvalue weighted by Crippen LogP contribution is -2.42. The summed E-state index contributed by atoms with van der Waals surface area (Å²) in [7, 11) is 3.33. The molecule has 1 heterocycles. The van der Waals surface area contributed by atoms with Crippen molar-refractivity contribution in [2.75, 3.05) is 27.3 Å². The second-order valence-electron chi connectivity index (χ2n) is 7.31. The van der Waals surface area contributed by atoms with Crippen LogP contribution in [0, 0.1) is 13.8 Å². The zero-order chi connectivity index (χ0) is 18.7. The molecule has 0 atom stereocenters. The molecule has 3 rings (SSSR count). The molecule has 1 aliphatic heterocycles. The van der Waals surface area contributed by atoms with Crippen LogP contribution in [0.5, 0.6) is 11.5 Å². The summed E-state index contributed by atoms with van der Waals surface area (Å²) in [5.74, 6) is 1.53. The van der Waals surface area contributed by atoms with Crippen molar-refractivity contribution in [1.29, 1.82) is 0 Å². The Morgan fingerprint density at radius 2 is 1.65 bits per heavy atom. The Balaban J connectivity index is 1.69. The van der Waals surface area contributed by atoms with Gasteiger partial charge in [-0.1, -0.05) is 29.8 Å². The number of hydrogen-bond acceptors (Lipinski definition) is 4. The van der Waals surface area contributed by atoms with Crippen LogP contribution in [0.15, 0.2) is 36.4 Å². The Morgan fingerprint density at radius 3 is 2.27 bits per heavy atom. The van der Waals surface area contributed by atoms with Crippen molar-refractivity contribution in [1.82, 2.24) is 4.90 Å². The van der Waals surface area contributed by atoms with Crippen molar-refractivity contribution in [3.8, 4) is 11.5 Å². The van der Waals surface area contributed by atoms with Gasteiger partial charge in [0.1, 0.15) is 0 Å². The van der Waals surface area contributed by atoms with Crippen LogP contribution in [0.4, 0.5) is 0 Å². The quantitative estimate of drug-likeness (QED) is 0.886. The van der Waals surface area contributed by atoms with E-state index in [9.17, 15) is 5.11 Å². The SMILES string of the molecule is COc1cc(C)c(CN2CCC(O)(c3cccc(C)c3)CC2)cc1OC. The predicted octanol–water partition coefficient (Wildman–Crippen LogP) is 3.80. The molecule has 0 aliphatic carbocycles. The van der Waals surface area contributed by atoms with Gasteiger partial charge in [0, 0.05) is 19.6 Å². The second kappa shape index (κ2) is 7.68. The summed E-state index contributed by atoms with van der Waals surface area (Å²) < 4.78 is 10.8. The van der Waals surface area contributed by atoms with E-state index < -0.39 is 5.60 Å². The molecule has 1 fully saturated rings. The normalized spacial score (nSPS) is 17.1. The topological polar surface area (TPSA) is 41.9 Å². The number of aryl methyl sites for hydroxylation is 2. The van der Waals surface area contributed by atoms with Crippen LogP contribution < -0.4 is 9.47 Å². The first kappa shape index (κ1) is 18.7. The molecule has 0 saturated carbocycles. The first-order valence-electron chi connectivity index (χ1n) is 9.18. The largest absolute Gasteiger partial charge is 0.493 e. The first-order chi connectivity index (χ1) is 12.4. The zero-order valence-electron chi connectivity index (χ0n) is 16.2. The number of aliphatic hydroxyl groups is 1. The molecule has 1 aliphatic rings. The van der Waals surface area contributed by atoms with Gasteiger partial charge in [-0.2, -0.15) is 0 Å². The molecule has 4 nitrogen and oxygen atoms in total. The summed E-state index contributed by atoms with van der Waals surface area (Å²) in [5, 5.41) is 11.1. The van der Waals surface area contributed by atoms with Crippen LogP contribution in [-0.4, -0.2) is 37.3 Å². The number of piperidine rings is 1. The molecule has 0 amide bonds. The van der Waals surface area contributed by atoms with Gasteiger partial charge in [0.15, 0.2) is 11.5 Å². The number of ether oxygens (including phenoxy) is 2. The smallest absolute Gasteiger partial charge is 0.161 e. The Labute approximate surface area is 156 Å². The van der Waals surface area contributed by atoms with Gasteiger partial charge in [0.25, 0.3) is 0 Å². The minimum atomic E-state index is -0.713. The molecule has 2 aromatic carbocycles. The highest BCUT2D eigenvalue weighted by atomic mass is 16.5. The monoisotopic (exact) mass is 355 g/mol. The Kier molecular flexibility index (Phi) is 5.54. The lowest BCUT2D eigenvalue weighted by molar-refractivity contribution is -0.0278. The van der Waals surface area contributed by atoms with Crippen LogP contribution >= 0.6 is 0 Å². The van der Waals surface area contributed by atoms with E-state index in [2.05, 4.69) is 36.9 Å². The fourth-order valence-electron chi connectivity index (χ4n) is 3.74. The predicted molar refractivity (Wildman–Crippen MR) is 104 cm³/mol. The molecule has 4 heteroatoms. The lowest BCUT2D eigenvalue weighted by Gasteiger charge is -2.39. The average Bonchev–Trinajstić information content (AvgIpc) is 2.65. The van der Waals surface area contributed by atoms with Crippen LogP contribution in [0.1, 0.15) is 35.1 Å². The molecule has 0 unspecified atom stereocenters. The van der Waals surface area contributed by atoms with Gasteiger partial charge in [0.05, 0.1) is 19.8 Å². The molecular weight excluding hydrogens is 326 g/mol. The van der Waals surface area contributed by atoms with E-state index in [0.29, 0.717) is 0 Å². The number of rotatable bonds is 5. The zero-order valence-corrected chi connectivity index (χ0v) is 16.2. The van der Waals surface area contributed by atoms with Gasteiger partial charge in [-0.25, -0.2) is 0 Å². The summed E-state index contributed by atoms with van der Waals surface area (Å²) >= 11 is 0. The number of benzene rings is 2. The third kappa shape index (κ3) is 3.87. The fraction of sp³-hybridized carbons (Fsp3) is 0.455. The van der Waals surface area contributed by atoms with Crippen molar-refractivity contribution < 1.29 is 14.6 Å². The molecule has 1 N–H and O–H groups in total. The highest BCUT2D eigenvalue weighted by molar-refractivity contribution is 5.47. The van der Waals surface area contributed by atoms with Crippen molar-refractivity contribution in [3.63, 3.8) is 0 Å². The summed E-state index contributed by atoms with van der Waals surface area (Å²) in [4.78, 5) is 2.40. The maximum absolute atomic E-state index is 11.1. The number of methoxy groups -OCH3 is 2. The maximum Gasteiger partial charge on any atom is 0.161 e. The van der Waals surface area contributed by atoms with Crippen molar-refractivity contribution in [3.05, 3.63) is 58.7 Å². The molecular formula is C22H29NO3. The highest BCUT2D eigenvalue weighted by Gasteiger charge is 2.34. The maximum atomic E-state index is 11.1. The summed E-state index contributed by atoms with van der Waals surface area (Å²) in [6.07, 6.45) is 1.51. The first-order valence-corrected chi connectivity index (χ1v) is 9.18. The third-order valence-corrected chi connectivity index (χ3v) is 5.47. The van der Waals surface area contributed by atoms with E-state index in [-0.39, 0.29) is 0 Å². The van der Waals surface area contributed by atoms with Gasteiger partial charge in [-0.15, -0.1) is 0 Å². The minimum absolute atomic E-state index is 0.713. The molecule has 1 saturated heterocycles. The van der Waals surface area contributed by atoms with Gasteiger partial charge in [-0.3, -0.25) is 4.90 Å². The highest BCUT2D eigenvalue weighted by Crippen LogP contribution is 2.35. The van der Waals surface area contributed by atoms with Gasteiger partial charge in [-0.05, 0) is 55.5 Å². The molecule has 0 aromatic heterocycles. The Bertz CT molecular complexity index is 764. The van der Waals surface area contributed by atoms with Crippen LogP contribution in [0.25, 0.3) is 0 Å². The Morgan fingerprint density at radius 1 is 1.00 bits per heavy atom. The van der Waals surface area contributed by atoms with E-state index in [1.54, 1.807) is 14.2 Å². The van der Waals surface area contributed by atoms with Crippen molar-refractivity contribution >= 4 is 0 Å². The third-order valence-electron chi connectivity index (χ3n) is 5.47. The van der Waals surface area contributed by atoms with Gasteiger partial charge >= 0.3 is 0 Å². The molecule has 140 valence electrons. The second-order valence-corrected chi connectivity index (χ2v) is 7.31. The number of likely N-dealkylation sites (tertiary alicyclic amines) is 1. The fourth-order valence-corrected chi connectivity index (χ4v) is 3.74. The van der Waals surface area contributed by atoms with Crippen LogP contribution in [0.2, 0.25) is 0 Å². The van der Waals surface area contributed by atoms with Crippen molar-refractivity contribution in [2.45, 2.75) is 38.8 Å². The molecule has 26 heavy (non-hydrogen) atoms. The van der Waals surface area contributed by atoms with Crippen LogP contribution in [0.3, 0.4) is 0 Å². The molecule has 0 spiro atoms. The van der Waals surface area contributed by atoms with E-state index in [1.807, 2.05) is 18.2 Å². The molecule has 0 bridgehead atoms. The summed E-state index contributed by atoms with van der Waals surface area (Å²) in [6.45, 7) is 6.78. The number of nitrogens with zero attached hydrogens (tertiary/aromatic N) is 1. The van der Waals surface area contributed by atoms with E-state index >= 15 is 0 Å². The lowest BCUT2D eigenvalue weighted by atomic mass is 9.83. The summed E-state index contributed by atoms with van der Waals surface area (Å²) in [6, 6.07) is 12.3. The van der Waals surface area contributed by atoms with Gasteiger partial charge in [0.2, 0.25) is 0 Å². The van der Waals surface area contributed by atoms with Crippen LogP contribution in [-0.2, 0) is 12.1 Å². The Hall–Kier alpha value is -2.04. The average molecular weight is 355 g/mol. The summed E-state index contributed by atoms with van der Waals surface area (Å²) in [5.41, 5.74) is 3.96.